The van der Waals surface area contributed by atoms with Gasteiger partial charge in [0, 0.05) is 28.5 Å². The van der Waals surface area contributed by atoms with Crippen molar-refractivity contribution >= 4 is 23.0 Å². The zero-order valence-electron chi connectivity index (χ0n) is 10.6. The summed E-state index contributed by atoms with van der Waals surface area (Å²) < 4.78 is 13.3. The molecule has 2 nitrogen and oxygen atoms in total. The number of hydrogen-bond acceptors (Lipinski definition) is 2. The van der Waals surface area contributed by atoms with Crippen molar-refractivity contribution in [2.24, 2.45) is 0 Å². The molecule has 4 heteroatoms. The second kappa shape index (κ2) is 6.04. The SMILES string of the molecule is CCN(c1cccc(F)c1)c1cc(Cl)ccc1CO. The maximum Gasteiger partial charge on any atom is 0.125 e. The Bertz CT molecular complexity index is 574. The molecule has 0 bridgehead atoms. The van der Waals surface area contributed by atoms with Crippen LogP contribution >= 0.6 is 11.6 Å². The normalized spacial score (nSPS) is 10.5. The fourth-order valence-electron chi connectivity index (χ4n) is 2.06. The summed E-state index contributed by atoms with van der Waals surface area (Å²) in [5.74, 6) is -0.288. The van der Waals surface area contributed by atoms with Gasteiger partial charge in [0.25, 0.3) is 0 Å². The highest BCUT2D eigenvalue weighted by Gasteiger charge is 2.12. The summed E-state index contributed by atoms with van der Waals surface area (Å²) in [4.78, 5) is 1.92. The van der Waals surface area contributed by atoms with Gasteiger partial charge in [0.2, 0.25) is 0 Å². The van der Waals surface area contributed by atoms with Gasteiger partial charge >= 0.3 is 0 Å². The second-order valence-corrected chi connectivity index (χ2v) is 4.59. The maximum atomic E-state index is 13.3. The Morgan fingerprint density at radius 3 is 2.63 bits per heavy atom. The topological polar surface area (TPSA) is 23.5 Å². The van der Waals surface area contributed by atoms with Crippen molar-refractivity contribution in [3.05, 3.63) is 58.9 Å². The van der Waals surface area contributed by atoms with Gasteiger partial charge in [-0.1, -0.05) is 23.7 Å². The number of rotatable bonds is 4. The minimum atomic E-state index is -0.288. The Labute approximate surface area is 117 Å². The van der Waals surface area contributed by atoms with Crippen molar-refractivity contribution in [3.63, 3.8) is 0 Å². The van der Waals surface area contributed by atoms with Crippen molar-refractivity contribution in [2.75, 3.05) is 11.4 Å². The summed E-state index contributed by atoms with van der Waals surface area (Å²) in [5, 5.41) is 10.00. The van der Waals surface area contributed by atoms with E-state index in [4.69, 9.17) is 11.6 Å². The van der Waals surface area contributed by atoms with Crippen molar-refractivity contribution in [1.29, 1.82) is 0 Å². The lowest BCUT2D eigenvalue weighted by atomic mass is 10.1. The molecule has 0 heterocycles. The largest absolute Gasteiger partial charge is 0.392 e. The van der Waals surface area contributed by atoms with Crippen LogP contribution in [0.1, 0.15) is 12.5 Å². The van der Waals surface area contributed by atoms with Gasteiger partial charge in [0.1, 0.15) is 5.82 Å². The van der Waals surface area contributed by atoms with Gasteiger partial charge in [-0.2, -0.15) is 0 Å². The van der Waals surface area contributed by atoms with Gasteiger partial charge in [-0.3, -0.25) is 0 Å². The zero-order chi connectivity index (χ0) is 13.8. The van der Waals surface area contributed by atoms with Crippen LogP contribution in [0.15, 0.2) is 42.5 Å². The Balaban J connectivity index is 2.50. The molecule has 100 valence electrons. The predicted octanol–water partition coefficient (Wildman–Crippen LogP) is 4.13. The van der Waals surface area contributed by atoms with Crippen LogP contribution in [-0.4, -0.2) is 11.7 Å². The third-order valence-corrected chi connectivity index (χ3v) is 3.18. The molecule has 0 aliphatic carbocycles. The lowest BCUT2D eigenvalue weighted by molar-refractivity contribution is 0.282. The fraction of sp³-hybridized carbons (Fsp3) is 0.200. The smallest absolute Gasteiger partial charge is 0.125 e. The first-order valence-electron chi connectivity index (χ1n) is 6.08. The van der Waals surface area contributed by atoms with Crippen molar-refractivity contribution in [3.8, 4) is 0 Å². The molecule has 0 aromatic heterocycles. The fourth-order valence-corrected chi connectivity index (χ4v) is 2.22. The van der Waals surface area contributed by atoms with Crippen molar-refractivity contribution in [1.82, 2.24) is 0 Å². The molecule has 0 amide bonds. The summed E-state index contributed by atoms with van der Waals surface area (Å²) in [6.45, 7) is 2.53. The molecule has 0 fully saturated rings. The van der Waals surface area contributed by atoms with Gasteiger partial charge in [0.05, 0.1) is 6.61 Å². The summed E-state index contributed by atoms with van der Waals surface area (Å²) in [5.41, 5.74) is 2.29. The van der Waals surface area contributed by atoms with Gasteiger partial charge in [-0.15, -0.1) is 0 Å². The van der Waals surface area contributed by atoms with Crippen molar-refractivity contribution < 1.29 is 9.50 Å². The van der Waals surface area contributed by atoms with Crippen LogP contribution < -0.4 is 4.90 Å². The van der Waals surface area contributed by atoms with E-state index >= 15 is 0 Å². The number of anilines is 2. The minimum Gasteiger partial charge on any atom is -0.392 e. The molecule has 0 aliphatic heterocycles. The Hall–Kier alpha value is -1.58. The van der Waals surface area contributed by atoms with E-state index in [0.29, 0.717) is 11.6 Å². The molecule has 2 rings (SSSR count). The Morgan fingerprint density at radius 2 is 2.00 bits per heavy atom. The summed E-state index contributed by atoms with van der Waals surface area (Å²) in [7, 11) is 0. The predicted molar refractivity (Wildman–Crippen MR) is 76.5 cm³/mol. The van der Waals surface area contributed by atoms with E-state index in [-0.39, 0.29) is 12.4 Å². The summed E-state index contributed by atoms with van der Waals surface area (Å²) in [6.07, 6.45) is 0. The molecule has 2 aromatic carbocycles. The van der Waals surface area contributed by atoms with E-state index in [2.05, 4.69) is 0 Å². The molecule has 0 unspecified atom stereocenters. The highest BCUT2D eigenvalue weighted by molar-refractivity contribution is 6.30. The highest BCUT2D eigenvalue weighted by Crippen LogP contribution is 2.31. The first kappa shape index (κ1) is 13.8. The van der Waals surface area contributed by atoms with Crippen LogP contribution in [-0.2, 0) is 6.61 Å². The zero-order valence-corrected chi connectivity index (χ0v) is 11.4. The molecule has 0 spiro atoms. The van der Waals surface area contributed by atoms with E-state index in [1.165, 1.54) is 12.1 Å². The first-order valence-corrected chi connectivity index (χ1v) is 6.46. The number of aliphatic hydroxyl groups excluding tert-OH is 1. The number of nitrogens with zero attached hydrogens (tertiary/aromatic N) is 1. The lowest BCUT2D eigenvalue weighted by Crippen LogP contribution is -2.18. The van der Waals surface area contributed by atoms with E-state index in [0.717, 1.165) is 16.9 Å². The van der Waals surface area contributed by atoms with E-state index in [9.17, 15) is 9.50 Å². The molecular weight excluding hydrogens is 265 g/mol. The van der Waals surface area contributed by atoms with Crippen LogP contribution in [0, 0.1) is 5.82 Å². The molecular formula is C15H15ClFNO. The van der Waals surface area contributed by atoms with Crippen LogP contribution in [0.3, 0.4) is 0 Å². The number of aliphatic hydroxyl groups is 1. The third-order valence-electron chi connectivity index (χ3n) is 2.94. The third kappa shape index (κ3) is 3.06. The molecule has 0 radical (unpaired) electrons. The molecule has 19 heavy (non-hydrogen) atoms. The van der Waals surface area contributed by atoms with E-state index in [1.54, 1.807) is 24.3 Å². The molecule has 2 aromatic rings. The van der Waals surface area contributed by atoms with Crippen LogP contribution in [0.25, 0.3) is 0 Å². The number of hydrogen-bond donors (Lipinski definition) is 1. The standard InChI is InChI=1S/C15H15ClFNO/c1-2-18(14-5-3-4-13(17)9-14)15-8-12(16)7-6-11(15)10-19/h3-9,19H,2,10H2,1H3. The van der Waals surface area contributed by atoms with Gasteiger partial charge in [-0.25, -0.2) is 4.39 Å². The molecule has 0 saturated carbocycles. The Kier molecular flexibility index (Phi) is 4.40. The van der Waals surface area contributed by atoms with Gasteiger partial charge in [0.15, 0.2) is 0 Å². The molecule has 1 N–H and O–H groups in total. The van der Waals surface area contributed by atoms with E-state index < -0.39 is 0 Å². The van der Waals surface area contributed by atoms with Crippen LogP contribution in [0.4, 0.5) is 15.8 Å². The minimum absolute atomic E-state index is 0.0850. The molecule has 0 saturated heterocycles. The maximum absolute atomic E-state index is 13.3. The summed E-state index contributed by atoms with van der Waals surface area (Å²) in [6, 6.07) is 11.6. The number of halogens is 2. The Morgan fingerprint density at radius 1 is 1.21 bits per heavy atom. The molecule has 0 aliphatic rings. The molecule has 0 atom stereocenters. The van der Waals surface area contributed by atoms with Crippen LogP contribution in [0.2, 0.25) is 5.02 Å². The first-order chi connectivity index (χ1) is 9.15. The average molecular weight is 280 g/mol. The van der Waals surface area contributed by atoms with Crippen molar-refractivity contribution in [2.45, 2.75) is 13.5 Å². The van der Waals surface area contributed by atoms with Gasteiger partial charge < -0.3 is 10.0 Å². The van der Waals surface area contributed by atoms with E-state index in [1.807, 2.05) is 17.9 Å². The number of benzene rings is 2. The summed E-state index contributed by atoms with van der Waals surface area (Å²) >= 11 is 6.01. The lowest BCUT2D eigenvalue weighted by Gasteiger charge is -2.25. The van der Waals surface area contributed by atoms with Gasteiger partial charge in [-0.05, 0) is 37.3 Å². The quantitative estimate of drug-likeness (QED) is 0.910. The second-order valence-electron chi connectivity index (χ2n) is 4.16. The highest BCUT2D eigenvalue weighted by atomic mass is 35.5. The van der Waals surface area contributed by atoms with Crippen LogP contribution in [0.5, 0.6) is 0 Å². The monoisotopic (exact) mass is 279 g/mol. The average Bonchev–Trinajstić information content (AvgIpc) is 2.40.